The Morgan fingerprint density at radius 2 is 2.21 bits per heavy atom. The number of rotatable bonds is 4. The lowest BCUT2D eigenvalue weighted by Gasteiger charge is -2.05. The molecule has 0 atom stereocenters. The minimum absolute atomic E-state index is 0.410. The fourth-order valence-electron chi connectivity index (χ4n) is 1.76. The monoisotopic (exact) mass is 290 g/mol. The molecule has 0 saturated carbocycles. The molecule has 0 amide bonds. The molecule has 19 heavy (non-hydrogen) atoms. The van der Waals surface area contributed by atoms with E-state index in [9.17, 15) is 0 Å². The Kier molecular flexibility index (Phi) is 3.53. The van der Waals surface area contributed by atoms with Gasteiger partial charge >= 0.3 is 0 Å². The summed E-state index contributed by atoms with van der Waals surface area (Å²) >= 11 is 7.36. The Morgan fingerprint density at radius 3 is 2.95 bits per heavy atom. The van der Waals surface area contributed by atoms with Crippen LogP contribution in [-0.4, -0.2) is 4.98 Å². The third kappa shape index (κ3) is 2.97. The fourth-order valence-corrected chi connectivity index (χ4v) is 2.56. The Hall–Kier alpha value is -1.78. The molecule has 3 nitrogen and oxygen atoms in total. The van der Waals surface area contributed by atoms with Crippen molar-refractivity contribution in [2.45, 2.75) is 6.54 Å². The molecule has 1 N–H and O–H groups in total. The van der Waals surface area contributed by atoms with Gasteiger partial charge in [0.25, 0.3) is 0 Å². The highest BCUT2D eigenvalue weighted by molar-refractivity contribution is 7.13. The van der Waals surface area contributed by atoms with Gasteiger partial charge < -0.3 is 9.73 Å². The second kappa shape index (κ2) is 5.47. The van der Waals surface area contributed by atoms with E-state index in [4.69, 9.17) is 16.0 Å². The molecule has 96 valence electrons. The Labute approximate surface area is 119 Å². The van der Waals surface area contributed by atoms with Crippen LogP contribution in [0.5, 0.6) is 0 Å². The van der Waals surface area contributed by atoms with Crippen molar-refractivity contribution in [1.29, 1.82) is 0 Å². The number of nitrogens with one attached hydrogen (secondary N) is 1. The zero-order chi connectivity index (χ0) is 13.1. The molecule has 2 aromatic heterocycles. The lowest BCUT2D eigenvalue weighted by Crippen LogP contribution is -1.97. The van der Waals surface area contributed by atoms with Crippen LogP contribution in [0.15, 0.2) is 52.4 Å². The lowest BCUT2D eigenvalue weighted by atomic mass is 10.2. The third-order valence-electron chi connectivity index (χ3n) is 2.64. The molecule has 0 radical (unpaired) electrons. The molecule has 2 heterocycles. The van der Waals surface area contributed by atoms with Crippen molar-refractivity contribution in [1.82, 2.24) is 4.98 Å². The SMILES string of the molecule is Clc1ccc(CNc2cccc(-c3nccs3)c2)o1. The van der Waals surface area contributed by atoms with Gasteiger partial charge in [-0.3, -0.25) is 0 Å². The molecule has 0 aliphatic rings. The van der Waals surface area contributed by atoms with Crippen molar-refractivity contribution in [3.05, 3.63) is 59.0 Å². The van der Waals surface area contributed by atoms with Crippen LogP contribution in [-0.2, 0) is 6.54 Å². The summed E-state index contributed by atoms with van der Waals surface area (Å²) in [6, 6.07) is 11.7. The van der Waals surface area contributed by atoms with Crippen LogP contribution in [0, 0.1) is 0 Å². The number of nitrogens with zero attached hydrogens (tertiary/aromatic N) is 1. The quantitative estimate of drug-likeness (QED) is 0.759. The highest BCUT2D eigenvalue weighted by Gasteiger charge is 2.03. The van der Waals surface area contributed by atoms with Gasteiger partial charge in [-0.05, 0) is 35.9 Å². The Bertz CT molecular complexity index is 664. The molecule has 0 fully saturated rings. The molecule has 0 saturated heterocycles. The molecule has 0 bridgehead atoms. The van der Waals surface area contributed by atoms with Gasteiger partial charge in [-0.2, -0.15) is 0 Å². The smallest absolute Gasteiger partial charge is 0.193 e. The minimum atomic E-state index is 0.410. The van der Waals surface area contributed by atoms with Crippen LogP contribution in [0.4, 0.5) is 5.69 Å². The van der Waals surface area contributed by atoms with E-state index in [1.54, 1.807) is 17.4 Å². The van der Waals surface area contributed by atoms with E-state index in [1.165, 1.54) is 0 Å². The standard InChI is InChI=1S/C14H11ClN2OS/c15-13-5-4-12(18-13)9-17-11-3-1-2-10(8-11)14-16-6-7-19-14/h1-8,17H,9H2. The van der Waals surface area contributed by atoms with Gasteiger partial charge in [-0.15, -0.1) is 11.3 Å². The number of furan rings is 1. The first kappa shape index (κ1) is 12.3. The number of hydrogen-bond donors (Lipinski definition) is 1. The molecular weight excluding hydrogens is 280 g/mol. The van der Waals surface area contributed by atoms with E-state index in [-0.39, 0.29) is 0 Å². The number of hydrogen-bond acceptors (Lipinski definition) is 4. The summed E-state index contributed by atoms with van der Waals surface area (Å²) < 4.78 is 5.30. The van der Waals surface area contributed by atoms with E-state index in [0.29, 0.717) is 11.8 Å². The number of benzene rings is 1. The summed E-state index contributed by atoms with van der Waals surface area (Å²) in [5, 5.41) is 6.70. The summed E-state index contributed by atoms with van der Waals surface area (Å²) in [6.45, 7) is 0.605. The Balaban J connectivity index is 1.73. The van der Waals surface area contributed by atoms with Crippen molar-refractivity contribution in [2.24, 2.45) is 0 Å². The topological polar surface area (TPSA) is 38.1 Å². The highest BCUT2D eigenvalue weighted by Crippen LogP contribution is 2.24. The molecule has 3 rings (SSSR count). The van der Waals surface area contributed by atoms with Crippen molar-refractivity contribution >= 4 is 28.6 Å². The average Bonchev–Trinajstić information content (AvgIpc) is 3.08. The summed E-state index contributed by atoms with van der Waals surface area (Å²) in [4.78, 5) is 4.30. The number of anilines is 1. The van der Waals surface area contributed by atoms with Gasteiger partial charge in [0.15, 0.2) is 5.22 Å². The molecule has 3 aromatic rings. The molecule has 0 aliphatic carbocycles. The van der Waals surface area contributed by atoms with Crippen molar-refractivity contribution in [3.8, 4) is 10.6 Å². The van der Waals surface area contributed by atoms with E-state index >= 15 is 0 Å². The predicted molar refractivity (Wildman–Crippen MR) is 78.6 cm³/mol. The number of thiazole rings is 1. The van der Waals surface area contributed by atoms with Gasteiger partial charge in [0.1, 0.15) is 10.8 Å². The maximum absolute atomic E-state index is 5.73. The van der Waals surface area contributed by atoms with Gasteiger partial charge in [0, 0.05) is 22.8 Å². The third-order valence-corrected chi connectivity index (χ3v) is 3.66. The minimum Gasteiger partial charge on any atom is -0.448 e. The molecule has 0 spiro atoms. The van der Waals surface area contributed by atoms with E-state index in [2.05, 4.69) is 16.4 Å². The number of aromatic nitrogens is 1. The summed E-state index contributed by atoms with van der Waals surface area (Å²) in [7, 11) is 0. The van der Waals surface area contributed by atoms with Gasteiger partial charge in [0.2, 0.25) is 0 Å². The van der Waals surface area contributed by atoms with Gasteiger partial charge in [-0.25, -0.2) is 4.98 Å². The normalized spacial score (nSPS) is 10.6. The molecular formula is C14H11ClN2OS. The van der Waals surface area contributed by atoms with Crippen LogP contribution in [0.2, 0.25) is 5.22 Å². The summed E-state index contributed by atoms with van der Waals surface area (Å²) in [5.74, 6) is 0.810. The second-order valence-electron chi connectivity index (χ2n) is 3.98. The van der Waals surface area contributed by atoms with Crippen LogP contribution in [0.1, 0.15) is 5.76 Å². The lowest BCUT2D eigenvalue weighted by molar-refractivity contribution is 0.520. The van der Waals surface area contributed by atoms with Crippen molar-refractivity contribution in [2.75, 3.05) is 5.32 Å². The van der Waals surface area contributed by atoms with Crippen LogP contribution in [0.3, 0.4) is 0 Å². The molecule has 0 unspecified atom stereocenters. The fraction of sp³-hybridized carbons (Fsp3) is 0.0714. The summed E-state index contributed by atoms with van der Waals surface area (Å²) in [5.41, 5.74) is 2.14. The van der Waals surface area contributed by atoms with Crippen molar-refractivity contribution < 1.29 is 4.42 Å². The molecule has 5 heteroatoms. The van der Waals surface area contributed by atoms with Crippen molar-refractivity contribution in [3.63, 3.8) is 0 Å². The maximum Gasteiger partial charge on any atom is 0.193 e. The molecule has 1 aromatic carbocycles. The zero-order valence-corrected chi connectivity index (χ0v) is 11.5. The molecule has 0 aliphatic heterocycles. The summed E-state index contributed by atoms with van der Waals surface area (Å²) in [6.07, 6.45) is 1.81. The highest BCUT2D eigenvalue weighted by atomic mass is 35.5. The van der Waals surface area contributed by atoms with E-state index in [0.717, 1.165) is 22.0 Å². The first-order chi connectivity index (χ1) is 9.31. The first-order valence-electron chi connectivity index (χ1n) is 5.79. The zero-order valence-electron chi connectivity index (χ0n) is 9.97. The largest absolute Gasteiger partial charge is 0.448 e. The average molecular weight is 291 g/mol. The predicted octanol–water partition coefficient (Wildman–Crippen LogP) is 4.67. The Morgan fingerprint density at radius 1 is 1.26 bits per heavy atom. The van der Waals surface area contributed by atoms with Gasteiger partial charge in [-0.1, -0.05) is 12.1 Å². The van der Waals surface area contributed by atoms with Crippen LogP contribution in [0.25, 0.3) is 10.6 Å². The number of halogens is 1. The van der Waals surface area contributed by atoms with Gasteiger partial charge in [0.05, 0.1) is 6.54 Å². The maximum atomic E-state index is 5.73. The van der Waals surface area contributed by atoms with E-state index < -0.39 is 0 Å². The second-order valence-corrected chi connectivity index (χ2v) is 5.24. The van der Waals surface area contributed by atoms with Crippen LogP contribution >= 0.6 is 22.9 Å². The first-order valence-corrected chi connectivity index (χ1v) is 7.05. The van der Waals surface area contributed by atoms with E-state index in [1.807, 2.05) is 35.8 Å². The van der Waals surface area contributed by atoms with Crippen LogP contribution < -0.4 is 5.32 Å².